The number of rotatable bonds is 14. The number of carboxylic acid groups (broad SMARTS) is 2. The molecule has 0 aromatic heterocycles. The predicted octanol–water partition coefficient (Wildman–Crippen LogP) is 8.87. The Morgan fingerprint density at radius 3 is 1.12 bits per heavy atom. The van der Waals surface area contributed by atoms with Crippen molar-refractivity contribution in [3.8, 4) is 34.5 Å². The first-order valence-corrected chi connectivity index (χ1v) is 19.4. The van der Waals surface area contributed by atoms with Gasteiger partial charge in [0.1, 0.15) is 71.2 Å². The average molecular weight is 879 g/mol. The largest absolute Gasteiger partial charge is 0.508 e. The van der Waals surface area contributed by atoms with Crippen LogP contribution in [-0.4, -0.2) is 54.4 Å². The predicted molar refractivity (Wildman–Crippen MR) is 231 cm³/mol. The summed E-state index contributed by atoms with van der Waals surface area (Å²) in [6, 6.07) is 26.0. The summed E-state index contributed by atoms with van der Waals surface area (Å²) in [5, 5.41) is 64.2. The van der Waals surface area contributed by atoms with Crippen molar-refractivity contribution >= 4 is 35.1 Å². The number of carbonyl (C=O) groups is 4. The molecule has 0 aliphatic rings. The lowest BCUT2D eigenvalue weighted by molar-refractivity contribution is -0.141. The van der Waals surface area contributed by atoms with Crippen LogP contribution < -0.4 is 20.1 Å². The van der Waals surface area contributed by atoms with Crippen LogP contribution in [0.1, 0.15) is 69.6 Å². The van der Waals surface area contributed by atoms with Gasteiger partial charge in [-0.05, 0) is 146 Å². The van der Waals surface area contributed by atoms with Crippen LogP contribution in [0.15, 0.2) is 109 Å². The molecule has 16 heteroatoms. The second-order valence-corrected chi connectivity index (χ2v) is 14.7. The highest BCUT2D eigenvalue weighted by Crippen LogP contribution is 2.38. The normalized spacial score (nSPS) is 11.6. The van der Waals surface area contributed by atoms with Gasteiger partial charge < -0.3 is 50.7 Å². The van der Waals surface area contributed by atoms with E-state index in [2.05, 4.69) is 10.6 Å². The van der Waals surface area contributed by atoms with Crippen LogP contribution >= 0.6 is 0 Å². The molecule has 2 unspecified atom stereocenters. The maximum atomic E-state index is 13.2. The van der Waals surface area contributed by atoms with Gasteiger partial charge in [0.25, 0.3) is 0 Å². The van der Waals surface area contributed by atoms with Gasteiger partial charge in [-0.3, -0.25) is 19.2 Å². The SMILES string of the molecule is Cc1cc(NC(=O)CC(=O)O)cc(C)c1Oc1ccc(O)c(C(O)c2ccc(F)cc2)c1.Cc1cc(NC(=O)CC(=O)O)cc(C)c1Oc1ccc(O)c(C(O)c2ccc(F)cc2)c1. The van der Waals surface area contributed by atoms with E-state index in [0.29, 0.717) is 67.8 Å². The van der Waals surface area contributed by atoms with Crippen molar-refractivity contribution in [2.24, 2.45) is 0 Å². The number of phenolic OH excluding ortho intramolecular Hbond substituents is 2. The van der Waals surface area contributed by atoms with E-state index in [-0.39, 0.29) is 22.6 Å². The number of aliphatic carboxylic acids is 2. The highest BCUT2D eigenvalue weighted by Gasteiger charge is 2.20. The van der Waals surface area contributed by atoms with E-state index in [1.807, 2.05) is 0 Å². The monoisotopic (exact) mass is 878 g/mol. The number of hydrogen-bond donors (Lipinski definition) is 8. The summed E-state index contributed by atoms with van der Waals surface area (Å²) in [4.78, 5) is 44.7. The highest BCUT2D eigenvalue weighted by atomic mass is 19.1. The lowest BCUT2D eigenvalue weighted by Crippen LogP contribution is -2.16. The summed E-state index contributed by atoms with van der Waals surface area (Å²) >= 11 is 0. The first kappa shape index (κ1) is 47.2. The molecular formula is C48H44F2N2O12. The van der Waals surface area contributed by atoms with Crippen molar-refractivity contribution in [2.75, 3.05) is 10.6 Å². The van der Waals surface area contributed by atoms with Crippen molar-refractivity contribution < 1.29 is 68.1 Å². The molecule has 6 aromatic carbocycles. The first-order chi connectivity index (χ1) is 30.3. The third kappa shape index (κ3) is 12.6. The van der Waals surface area contributed by atoms with Gasteiger partial charge in [-0.2, -0.15) is 0 Å². The molecule has 0 aliphatic carbocycles. The lowest BCUT2D eigenvalue weighted by atomic mass is 10.0. The molecule has 0 fully saturated rings. The molecule has 2 amide bonds. The third-order valence-electron chi connectivity index (χ3n) is 9.51. The Bertz CT molecular complexity index is 2460. The minimum Gasteiger partial charge on any atom is -0.508 e. The number of carbonyl (C=O) groups excluding carboxylic acids is 2. The van der Waals surface area contributed by atoms with Gasteiger partial charge in [-0.15, -0.1) is 0 Å². The molecule has 0 saturated carbocycles. The molecule has 0 aliphatic heterocycles. The number of aliphatic hydroxyl groups is 2. The fourth-order valence-corrected chi connectivity index (χ4v) is 6.57. The van der Waals surface area contributed by atoms with Crippen molar-refractivity contribution in [1.29, 1.82) is 0 Å². The van der Waals surface area contributed by atoms with Crippen molar-refractivity contribution in [3.63, 3.8) is 0 Å². The number of halogens is 2. The van der Waals surface area contributed by atoms with Gasteiger partial charge >= 0.3 is 11.9 Å². The molecule has 6 rings (SSSR count). The van der Waals surface area contributed by atoms with Crippen molar-refractivity contribution in [1.82, 2.24) is 0 Å². The van der Waals surface area contributed by atoms with Gasteiger partial charge in [-0.25, -0.2) is 8.78 Å². The van der Waals surface area contributed by atoms with Crippen LogP contribution in [0.5, 0.6) is 34.5 Å². The van der Waals surface area contributed by atoms with Gasteiger partial charge in [0.05, 0.1) is 0 Å². The van der Waals surface area contributed by atoms with E-state index in [0.717, 1.165) is 0 Å². The first-order valence-electron chi connectivity index (χ1n) is 19.4. The average Bonchev–Trinajstić information content (AvgIpc) is 3.21. The van der Waals surface area contributed by atoms with Gasteiger partial charge in [0.15, 0.2) is 0 Å². The Morgan fingerprint density at radius 1 is 0.516 bits per heavy atom. The molecule has 0 radical (unpaired) electrons. The standard InChI is InChI=1S/2C24H22FNO6/c2*1-13-9-17(26-21(28)12-22(29)30)10-14(2)24(13)32-18-7-8-20(27)19(11-18)23(31)15-3-5-16(25)6-4-15/h2*3-11,23,27,31H,12H2,1-2H3,(H,26,28)(H,29,30). The lowest BCUT2D eigenvalue weighted by Gasteiger charge is -2.17. The number of nitrogens with one attached hydrogen (secondary N) is 2. The van der Waals surface area contributed by atoms with Crippen LogP contribution in [0, 0.1) is 39.3 Å². The minimum absolute atomic E-state index is 0.140. The Hall–Kier alpha value is -7.82. The molecule has 0 heterocycles. The zero-order valence-electron chi connectivity index (χ0n) is 34.8. The van der Waals surface area contributed by atoms with Gasteiger partial charge in [0.2, 0.25) is 11.8 Å². The summed E-state index contributed by atoms with van der Waals surface area (Å²) < 4.78 is 38.3. The van der Waals surface area contributed by atoms with E-state index in [1.165, 1.54) is 84.9 Å². The Morgan fingerprint density at radius 2 is 0.828 bits per heavy atom. The molecule has 332 valence electrons. The maximum absolute atomic E-state index is 13.2. The second kappa shape index (κ2) is 20.8. The number of aliphatic hydroxyl groups excluding tert-OH is 2. The minimum atomic E-state index is -1.22. The van der Waals surface area contributed by atoms with Gasteiger partial charge in [0, 0.05) is 22.5 Å². The van der Waals surface area contributed by atoms with E-state index in [1.54, 1.807) is 52.0 Å². The molecule has 8 N–H and O–H groups in total. The zero-order valence-corrected chi connectivity index (χ0v) is 34.8. The van der Waals surface area contributed by atoms with E-state index < -0.39 is 60.4 Å². The Balaban J connectivity index is 0.000000241. The van der Waals surface area contributed by atoms with E-state index >= 15 is 0 Å². The molecule has 0 spiro atoms. The third-order valence-corrected chi connectivity index (χ3v) is 9.51. The fraction of sp³-hybridized carbons (Fsp3) is 0.167. The molecular weight excluding hydrogens is 835 g/mol. The van der Waals surface area contributed by atoms with Crippen LogP contribution in [0.3, 0.4) is 0 Å². The van der Waals surface area contributed by atoms with E-state index in [4.69, 9.17) is 19.7 Å². The molecule has 14 nitrogen and oxygen atoms in total. The highest BCUT2D eigenvalue weighted by molar-refractivity contribution is 6.02. The number of amides is 2. The molecule has 0 bridgehead atoms. The summed E-state index contributed by atoms with van der Waals surface area (Å²) in [7, 11) is 0. The number of aromatic hydroxyl groups is 2. The molecule has 64 heavy (non-hydrogen) atoms. The topological polar surface area (TPSA) is 232 Å². The van der Waals surface area contributed by atoms with Gasteiger partial charge in [-0.1, -0.05) is 24.3 Å². The van der Waals surface area contributed by atoms with Crippen LogP contribution in [0.2, 0.25) is 0 Å². The summed E-state index contributed by atoms with van der Waals surface area (Å²) in [6.07, 6.45) is -3.65. The van der Waals surface area contributed by atoms with Crippen molar-refractivity contribution in [3.05, 3.63) is 165 Å². The second-order valence-electron chi connectivity index (χ2n) is 14.7. The molecule has 0 saturated heterocycles. The number of anilines is 2. The quantitative estimate of drug-likeness (QED) is 0.0480. The Kier molecular flexibility index (Phi) is 15.4. The summed E-state index contributed by atoms with van der Waals surface area (Å²) in [5.74, 6) is -3.14. The van der Waals surface area contributed by atoms with Crippen LogP contribution in [-0.2, 0) is 19.2 Å². The Labute approximate surface area is 365 Å². The smallest absolute Gasteiger partial charge is 0.312 e. The number of carboxylic acids is 2. The maximum Gasteiger partial charge on any atom is 0.312 e. The summed E-state index contributed by atoms with van der Waals surface area (Å²) in [5.41, 5.74) is 4.83. The summed E-state index contributed by atoms with van der Waals surface area (Å²) in [6.45, 7) is 7.07. The number of hydrogen-bond acceptors (Lipinski definition) is 10. The van der Waals surface area contributed by atoms with E-state index in [9.17, 15) is 48.4 Å². The fourth-order valence-electron chi connectivity index (χ4n) is 6.57. The zero-order chi connectivity index (χ0) is 46.8. The van der Waals surface area contributed by atoms with Crippen LogP contribution in [0.25, 0.3) is 0 Å². The van der Waals surface area contributed by atoms with Crippen molar-refractivity contribution in [2.45, 2.75) is 52.7 Å². The number of phenols is 2. The van der Waals surface area contributed by atoms with Crippen LogP contribution in [0.4, 0.5) is 20.2 Å². The number of aryl methyl sites for hydroxylation is 4. The molecule has 6 aromatic rings. The molecule has 2 atom stereocenters. The number of benzene rings is 6. The number of ether oxygens (including phenoxy) is 2.